The molecule has 2 aromatic rings. The van der Waals surface area contributed by atoms with E-state index in [9.17, 15) is 0 Å². The molecule has 0 aliphatic carbocycles. The number of alkyl halides is 1. The van der Waals surface area contributed by atoms with E-state index in [0.29, 0.717) is 12.5 Å². The highest BCUT2D eigenvalue weighted by Gasteiger charge is 2.06. The molecule has 19 heavy (non-hydrogen) atoms. The Morgan fingerprint density at radius 1 is 1.11 bits per heavy atom. The fraction of sp³-hybridized carbons (Fsp3) is 0.250. The molecule has 0 saturated carbocycles. The second kappa shape index (κ2) is 6.44. The summed E-state index contributed by atoms with van der Waals surface area (Å²) in [5.74, 6) is 1.35. The molecule has 0 radical (unpaired) electrons. The highest BCUT2D eigenvalue weighted by Crippen LogP contribution is 2.28. The van der Waals surface area contributed by atoms with Crippen LogP contribution < -0.4 is 4.74 Å². The van der Waals surface area contributed by atoms with E-state index in [1.807, 2.05) is 18.2 Å². The molecule has 0 N–H and O–H groups in total. The minimum atomic E-state index is 0.510. The van der Waals surface area contributed by atoms with Crippen LogP contribution in [0.25, 0.3) is 0 Å². The zero-order chi connectivity index (χ0) is 13.8. The molecule has 0 spiro atoms. The third-order valence-corrected chi connectivity index (χ3v) is 4.10. The van der Waals surface area contributed by atoms with Crippen molar-refractivity contribution in [2.24, 2.45) is 0 Å². The second-order valence-corrected chi connectivity index (χ2v) is 5.68. The van der Waals surface area contributed by atoms with E-state index in [-0.39, 0.29) is 0 Å². The Morgan fingerprint density at radius 2 is 1.79 bits per heavy atom. The van der Waals surface area contributed by atoms with Crippen molar-refractivity contribution in [2.45, 2.75) is 26.3 Å². The SMILES string of the molecule is Cc1cccc(C)c1COc1ccc(CCl)cc1Br. The van der Waals surface area contributed by atoms with E-state index in [1.165, 1.54) is 16.7 Å². The summed E-state index contributed by atoms with van der Waals surface area (Å²) in [4.78, 5) is 0. The predicted octanol–water partition coefficient (Wildman–Crippen LogP) is 5.38. The average Bonchev–Trinajstić information content (AvgIpc) is 2.39. The van der Waals surface area contributed by atoms with Crippen molar-refractivity contribution in [2.75, 3.05) is 0 Å². The van der Waals surface area contributed by atoms with E-state index in [0.717, 1.165) is 15.8 Å². The van der Waals surface area contributed by atoms with Gasteiger partial charge in [-0.1, -0.05) is 24.3 Å². The molecule has 2 aromatic carbocycles. The van der Waals surface area contributed by atoms with Gasteiger partial charge in [-0.3, -0.25) is 0 Å². The Hall–Kier alpha value is -0.990. The molecule has 0 amide bonds. The summed E-state index contributed by atoms with van der Waals surface area (Å²) in [6, 6.07) is 12.2. The zero-order valence-electron chi connectivity index (χ0n) is 11.0. The largest absolute Gasteiger partial charge is 0.488 e. The summed E-state index contributed by atoms with van der Waals surface area (Å²) in [6.07, 6.45) is 0. The quantitative estimate of drug-likeness (QED) is 0.679. The Bertz CT molecular complexity index is 561. The van der Waals surface area contributed by atoms with Crippen LogP contribution in [0.4, 0.5) is 0 Å². The van der Waals surface area contributed by atoms with Crippen LogP contribution in [0.5, 0.6) is 5.75 Å². The first-order valence-electron chi connectivity index (χ1n) is 6.14. The molecule has 0 aliphatic heterocycles. The summed E-state index contributed by atoms with van der Waals surface area (Å²) < 4.78 is 6.84. The van der Waals surface area contributed by atoms with E-state index < -0.39 is 0 Å². The highest BCUT2D eigenvalue weighted by atomic mass is 79.9. The van der Waals surface area contributed by atoms with E-state index in [2.05, 4.69) is 48.0 Å². The van der Waals surface area contributed by atoms with Gasteiger partial charge in [0.05, 0.1) is 4.47 Å². The van der Waals surface area contributed by atoms with Crippen molar-refractivity contribution < 1.29 is 4.74 Å². The summed E-state index contributed by atoms with van der Waals surface area (Å²) in [6.45, 7) is 4.80. The van der Waals surface area contributed by atoms with Gasteiger partial charge in [0.15, 0.2) is 0 Å². The zero-order valence-corrected chi connectivity index (χ0v) is 13.4. The minimum absolute atomic E-state index is 0.510. The van der Waals surface area contributed by atoms with Crippen LogP contribution in [0.3, 0.4) is 0 Å². The van der Waals surface area contributed by atoms with Crippen molar-refractivity contribution >= 4 is 27.5 Å². The summed E-state index contributed by atoms with van der Waals surface area (Å²) in [5.41, 5.74) is 4.84. The predicted molar refractivity (Wildman–Crippen MR) is 83.9 cm³/mol. The van der Waals surface area contributed by atoms with Gasteiger partial charge in [-0.2, -0.15) is 0 Å². The summed E-state index contributed by atoms with van der Waals surface area (Å²) >= 11 is 9.32. The van der Waals surface area contributed by atoms with Crippen LogP contribution >= 0.6 is 27.5 Å². The number of hydrogen-bond donors (Lipinski definition) is 0. The third kappa shape index (κ3) is 3.52. The van der Waals surface area contributed by atoms with Crippen LogP contribution in [0.1, 0.15) is 22.3 Å². The maximum Gasteiger partial charge on any atom is 0.134 e. The Morgan fingerprint density at radius 3 is 2.37 bits per heavy atom. The number of halogens is 2. The normalized spacial score (nSPS) is 10.5. The van der Waals surface area contributed by atoms with Gasteiger partial charge in [0.1, 0.15) is 12.4 Å². The lowest BCUT2D eigenvalue weighted by molar-refractivity contribution is 0.302. The number of aryl methyl sites for hydroxylation is 2. The van der Waals surface area contributed by atoms with Crippen molar-refractivity contribution in [3.63, 3.8) is 0 Å². The van der Waals surface area contributed by atoms with Gasteiger partial charge < -0.3 is 4.74 Å². The van der Waals surface area contributed by atoms with Crippen LogP contribution in [-0.2, 0) is 12.5 Å². The maximum absolute atomic E-state index is 5.89. The Kier molecular flexibility index (Phi) is 4.89. The minimum Gasteiger partial charge on any atom is -0.488 e. The first-order chi connectivity index (χ1) is 9.11. The van der Waals surface area contributed by atoms with Crippen LogP contribution in [-0.4, -0.2) is 0 Å². The lowest BCUT2D eigenvalue weighted by Crippen LogP contribution is -2.01. The number of hydrogen-bond acceptors (Lipinski definition) is 1. The second-order valence-electron chi connectivity index (χ2n) is 4.56. The van der Waals surface area contributed by atoms with Crippen LogP contribution in [0.15, 0.2) is 40.9 Å². The van der Waals surface area contributed by atoms with Gasteiger partial charge in [-0.25, -0.2) is 0 Å². The van der Waals surface area contributed by atoms with E-state index in [4.69, 9.17) is 16.3 Å². The maximum atomic E-state index is 5.89. The lowest BCUT2D eigenvalue weighted by atomic mass is 10.0. The highest BCUT2D eigenvalue weighted by molar-refractivity contribution is 9.10. The summed E-state index contributed by atoms with van der Waals surface area (Å²) in [5, 5.41) is 0. The molecule has 100 valence electrons. The molecule has 3 heteroatoms. The molecular weight excluding hydrogens is 324 g/mol. The summed E-state index contributed by atoms with van der Waals surface area (Å²) in [7, 11) is 0. The molecule has 0 fully saturated rings. The van der Waals surface area contributed by atoms with Gasteiger partial charge in [-0.15, -0.1) is 11.6 Å². The third-order valence-electron chi connectivity index (χ3n) is 3.17. The van der Waals surface area contributed by atoms with Gasteiger partial charge in [-0.05, 0) is 64.2 Å². The molecule has 0 bridgehead atoms. The standard InChI is InChI=1S/C16H16BrClO/c1-11-4-3-5-12(2)14(11)10-19-16-7-6-13(9-18)8-15(16)17/h3-8H,9-10H2,1-2H3. The average molecular weight is 340 g/mol. The monoisotopic (exact) mass is 338 g/mol. The molecule has 0 saturated heterocycles. The van der Waals surface area contributed by atoms with Crippen molar-refractivity contribution in [1.82, 2.24) is 0 Å². The van der Waals surface area contributed by atoms with E-state index in [1.54, 1.807) is 0 Å². The number of benzene rings is 2. The number of ether oxygens (including phenoxy) is 1. The van der Waals surface area contributed by atoms with Gasteiger partial charge in [0.25, 0.3) is 0 Å². The fourth-order valence-corrected chi connectivity index (χ4v) is 2.68. The van der Waals surface area contributed by atoms with Crippen LogP contribution in [0, 0.1) is 13.8 Å². The molecule has 1 nitrogen and oxygen atoms in total. The van der Waals surface area contributed by atoms with Gasteiger partial charge in [0, 0.05) is 5.88 Å². The molecule has 0 unspecified atom stereocenters. The lowest BCUT2D eigenvalue weighted by Gasteiger charge is -2.13. The topological polar surface area (TPSA) is 9.23 Å². The Balaban J connectivity index is 2.15. The molecular formula is C16H16BrClO. The first kappa shape index (κ1) is 14.4. The smallest absolute Gasteiger partial charge is 0.134 e. The Labute approximate surface area is 127 Å². The molecule has 0 aromatic heterocycles. The first-order valence-corrected chi connectivity index (χ1v) is 7.47. The van der Waals surface area contributed by atoms with E-state index >= 15 is 0 Å². The van der Waals surface area contributed by atoms with Crippen molar-refractivity contribution in [3.8, 4) is 5.75 Å². The molecule has 0 aliphatic rings. The molecule has 2 rings (SSSR count). The van der Waals surface area contributed by atoms with Crippen molar-refractivity contribution in [3.05, 3.63) is 63.1 Å². The van der Waals surface area contributed by atoms with Crippen LogP contribution in [0.2, 0.25) is 0 Å². The van der Waals surface area contributed by atoms with Gasteiger partial charge >= 0.3 is 0 Å². The van der Waals surface area contributed by atoms with Crippen molar-refractivity contribution in [1.29, 1.82) is 0 Å². The molecule has 0 atom stereocenters. The van der Waals surface area contributed by atoms with Gasteiger partial charge in [0.2, 0.25) is 0 Å². The molecule has 0 heterocycles. The fourth-order valence-electron chi connectivity index (χ4n) is 1.97. The number of rotatable bonds is 4.